The molecule has 0 atom stereocenters. The summed E-state index contributed by atoms with van der Waals surface area (Å²) in [4.78, 5) is 25.5. The maximum Gasteiger partial charge on any atom is 0.253 e. The Bertz CT molecular complexity index is 510. The number of aromatic hydroxyl groups is 1. The number of hydrogen-bond acceptors (Lipinski definition) is 4. The number of benzene rings is 1. The van der Waals surface area contributed by atoms with Crippen LogP contribution >= 0.6 is 0 Å². The number of piperidine rings is 1. The van der Waals surface area contributed by atoms with Crippen molar-refractivity contribution in [2.24, 2.45) is 0 Å². The van der Waals surface area contributed by atoms with E-state index in [0.29, 0.717) is 18.7 Å². The van der Waals surface area contributed by atoms with E-state index in [1.807, 2.05) is 0 Å². The largest absolute Gasteiger partial charge is 0.508 e. The van der Waals surface area contributed by atoms with Gasteiger partial charge in [0.1, 0.15) is 12.4 Å². The van der Waals surface area contributed by atoms with Gasteiger partial charge in [-0.3, -0.25) is 9.59 Å². The lowest BCUT2D eigenvalue weighted by atomic mass is 10.0. The number of phenolic OH excluding ortho intramolecular Hbond substituents is 1. The molecule has 1 aliphatic heterocycles. The van der Waals surface area contributed by atoms with Gasteiger partial charge in [-0.1, -0.05) is 6.07 Å². The summed E-state index contributed by atoms with van der Waals surface area (Å²) in [6.45, 7) is 1.24. The van der Waals surface area contributed by atoms with E-state index in [-0.39, 0.29) is 30.2 Å². The first-order chi connectivity index (χ1) is 10.1. The van der Waals surface area contributed by atoms with Crippen molar-refractivity contribution in [1.82, 2.24) is 10.2 Å². The third kappa shape index (κ3) is 4.19. The summed E-state index contributed by atoms with van der Waals surface area (Å²) in [5.41, 5.74) is 0.483. The molecule has 1 aliphatic rings. The quantitative estimate of drug-likeness (QED) is 0.858. The van der Waals surface area contributed by atoms with Crippen LogP contribution in [0.3, 0.4) is 0 Å². The molecule has 0 unspecified atom stereocenters. The van der Waals surface area contributed by atoms with E-state index in [4.69, 9.17) is 4.74 Å². The standard InChI is InChI=1S/C15H20N2O4/c1-21-10-14(19)16-12-5-7-17(8-6-12)15(20)11-3-2-4-13(18)9-11/h2-4,9,12,18H,5-8,10H2,1H3,(H,16,19). The summed E-state index contributed by atoms with van der Waals surface area (Å²) in [5.74, 6) is -0.134. The summed E-state index contributed by atoms with van der Waals surface area (Å²) in [6, 6.07) is 6.43. The van der Waals surface area contributed by atoms with E-state index in [0.717, 1.165) is 12.8 Å². The van der Waals surface area contributed by atoms with E-state index in [9.17, 15) is 14.7 Å². The molecule has 1 fully saturated rings. The average Bonchev–Trinajstić information content (AvgIpc) is 2.47. The number of ether oxygens (including phenoxy) is 1. The highest BCUT2D eigenvalue weighted by Gasteiger charge is 2.24. The van der Waals surface area contributed by atoms with Gasteiger partial charge >= 0.3 is 0 Å². The van der Waals surface area contributed by atoms with Crippen LogP contribution in [0.25, 0.3) is 0 Å². The molecule has 1 aromatic rings. The van der Waals surface area contributed by atoms with E-state index in [2.05, 4.69) is 5.32 Å². The molecule has 1 saturated heterocycles. The van der Waals surface area contributed by atoms with E-state index >= 15 is 0 Å². The van der Waals surface area contributed by atoms with Crippen molar-refractivity contribution in [2.45, 2.75) is 18.9 Å². The van der Waals surface area contributed by atoms with Crippen LogP contribution in [0.2, 0.25) is 0 Å². The molecule has 0 saturated carbocycles. The van der Waals surface area contributed by atoms with Gasteiger partial charge in [0.15, 0.2) is 0 Å². The number of phenols is 1. The second-order valence-electron chi connectivity index (χ2n) is 5.12. The molecule has 1 aromatic carbocycles. The summed E-state index contributed by atoms with van der Waals surface area (Å²) in [5, 5.41) is 12.3. The fourth-order valence-electron chi connectivity index (χ4n) is 2.45. The maximum atomic E-state index is 12.3. The third-order valence-corrected chi connectivity index (χ3v) is 3.52. The van der Waals surface area contributed by atoms with Crippen LogP contribution in [-0.2, 0) is 9.53 Å². The molecule has 0 aliphatic carbocycles. The molecule has 0 aromatic heterocycles. The molecular weight excluding hydrogens is 272 g/mol. The predicted octanol–water partition coefficient (Wildman–Crippen LogP) is 0.759. The summed E-state index contributed by atoms with van der Waals surface area (Å²) in [7, 11) is 1.48. The second kappa shape index (κ2) is 7.08. The summed E-state index contributed by atoms with van der Waals surface area (Å²) in [6.07, 6.45) is 1.44. The first-order valence-corrected chi connectivity index (χ1v) is 6.96. The Balaban J connectivity index is 1.86. The zero-order valence-corrected chi connectivity index (χ0v) is 12.0. The molecule has 6 nitrogen and oxygen atoms in total. The Morgan fingerprint density at radius 2 is 2.10 bits per heavy atom. The Morgan fingerprint density at radius 3 is 2.71 bits per heavy atom. The number of nitrogens with one attached hydrogen (secondary N) is 1. The molecule has 1 heterocycles. The van der Waals surface area contributed by atoms with Gasteiger partial charge in [-0.2, -0.15) is 0 Å². The monoisotopic (exact) mass is 292 g/mol. The van der Waals surface area contributed by atoms with Gasteiger partial charge in [0, 0.05) is 31.8 Å². The van der Waals surface area contributed by atoms with Gasteiger partial charge in [-0.05, 0) is 31.0 Å². The normalized spacial score (nSPS) is 15.8. The number of hydrogen-bond donors (Lipinski definition) is 2. The molecule has 2 rings (SSSR count). The van der Waals surface area contributed by atoms with Crippen molar-refractivity contribution in [1.29, 1.82) is 0 Å². The lowest BCUT2D eigenvalue weighted by Gasteiger charge is -2.32. The Morgan fingerprint density at radius 1 is 1.38 bits per heavy atom. The van der Waals surface area contributed by atoms with Gasteiger partial charge in [-0.15, -0.1) is 0 Å². The predicted molar refractivity (Wildman–Crippen MR) is 77.1 cm³/mol. The maximum absolute atomic E-state index is 12.3. The molecule has 0 radical (unpaired) electrons. The topological polar surface area (TPSA) is 78.9 Å². The SMILES string of the molecule is COCC(=O)NC1CCN(C(=O)c2cccc(O)c2)CC1. The lowest BCUT2D eigenvalue weighted by Crippen LogP contribution is -2.47. The fraction of sp³-hybridized carbons (Fsp3) is 0.467. The zero-order valence-electron chi connectivity index (χ0n) is 12.0. The summed E-state index contributed by atoms with van der Waals surface area (Å²) < 4.78 is 4.77. The van der Waals surface area contributed by atoms with E-state index < -0.39 is 0 Å². The number of amides is 2. The number of rotatable bonds is 4. The van der Waals surface area contributed by atoms with Crippen molar-refractivity contribution in [3.63, 3.8) is 0 Å². The molecule has 114 valence electrons. The van der Waals surface area contributed by atoms with E-state index in [1.165, 1.54) is 19.2 Å². The van der Waals surface area contributed by atoms with Gasteiger partial charge in [0.05, 0.1) is 0 Å². The van der Waals surface area contributed by atoms with Crippen LogP contribution in [0, 0.1) is 0 Å². The molecule has 6 heteroatoms. The van der Waals surface area contributed by atoms with Crippen LogP contribution in [0.5, 0.6) is 5.75 Å². The fourth-order valence-corrected chi connectivity index (χ4v) is 2.45. The van der Waals surface area contributed by atoms with Crippen LogP contribution in [0.1, 0.15) is 23.2 Å². The van der Waals surface area contributed by atoms with Crippen LogP contribution in [0.15, 0.2) is 24.3 Å². The lowest BCUT2D eigenvalue weighted by molar-refractivity contribution is -0.125. The van der Waals surface area contributed by atoms with Crippen molar-refractivity contribution in [2.75, 3.05) is 26.8 Å². The van der Waals surface area contributed by atoms with Crippen molar-refractivity contribution < 1.29 is 19.4 Å². The number of carbonyl (C=O) groups excluding carboxylic acids is 2. The van der Waals surface area contributed by atoms with Gasteiger partial charge in [-0.25, -0.2) is 0 Å². The molecule has 2 amide bonds. The number of nitrogens with zero attached hydrogens (tertiary/aromatic N) is 1. The van der Waals surface area contributed by atoms with Gasteiger partial charge < -0.3 is 20.1 Å². The summed E-state index contributed by atoms with van der Waals surface area (Å²) >= 11 is 0. The highest BCUT2D eigenvalue weighted by atomic mass is 16.5. The smallest absolute Gasteiger partial charge is 0.253 e. The first kappa shape index (κ1) is 15.3. The Hall–Kier alpha value is -2.08. The minimum absolute atomic E-state index is 0.0580. The Kier molecular flexibility index (Phi) is 5.16. The second-order valence-corrected chi connectivity index (χ2v) is 5.12. The minimum atomic E-state index is -0.129. The van der Waals surface area contributed by atoms with Crippen molar-refractivity contribution >= 4 is 11.8 Å². The van der Waals surface area contributed by atoms with Crippen molar-refractivity contribution in [3.05, 3.63) is 29.8 Å². The average molecular weight is 292 g/mol. The van der Waals surface area contributed by atoms with E-state index in [1.54, 1.807) is 17.0 Å². The highest BCUT2D eigenvalue weighted by Crippen LogP contribution is 2.17. The van der Waals surface area contributed by atoms with Crippen molar-refractivity contribution in [3.8, 4) is 5.75 Å². The van der Waals surface area contributed by atoms with Gasteiger partial charge in [0.25, 0.3) is 5.91 Å². The zero-order chi connectivity index (χ0) is 15.2. The Labute approximate surface area is 123 Å². The first-order valence-electron chi connectivity index (χ1n) is 6.96. The van der Waals surface area contributed by atoms with Crippen LogP contribution in [0.4, 0.5) is 0 Å². The highest BCUT2D eigenvalue weighted by molar-refractivity contribution is 5.94. The third-order valence-electron chi connectivity index (χ3n) is 3.52. The molecule has 0 bridgehead atoms. The van der Waals surface area contributed by atoms with Crippen LogP contribution in [-0.4, -0.2) is 54.7 Å². The van der Waals surface area contributed by atoms with Crippen LogP contribution < -0.4 is 5.32 Å². The van der Waals surface area contributed by atoms with Gasteiger partial charge in [0.2, 0.25) is 5.91 Å². The minimum Gasteiger partial charge on any atom is -0.508 e. The molecule has 21 heavy (non-hydrogen) atoms. The molecule has 2 N–H and O–H groups in total. The molecular formula is C15H20N2O4. The number of methoxy groups -OCH3 is 1. The molecule has 0 spiro atoms. The number of carbonyl (C=O) groups is 2. The number of likely N-dealkylation sites (tertiary alicyclic amines) is 1.